The third-order valence-corrected chi connectivity index (χ3v) is 3.51. The van der Waals surface area contributed by atoms with Crippen LogP contribution in [0.2, 0.25) is 0 Å². The van der Waals surface area contributed by atoms with Crippen LogP contribution in [0.5, 0.6) is 0 Å². The number of carbonyl (C=O) groups is 1. The van der Waals surface area contributed by atoms with Crippen LogP contribution < -0.4 is 4.90 Å². The molecule has 0 radical (unpaired) electrons. The first-order valence-electron chi connectivity index (χ1n) is 7.21. The molecule has 8 heteroatoms. The molecule has 0 bridgehead atoms. The molecule has 25 heavy (non-hydrogen) atoms. The van der Waals surface area contributed by atoms with Crippen LogP contribution in [0.4, 0.5) is 18.9 Å². The second-order valence-corrected chi connectivity index (χ2v) is 5.20. The van der Waals surface area contributed by atoms with E-state index in [0.717, 1.165) is 5.69 Å². The Labute approximate surface area is 140 Å². The van der Waals surface area contributed by atoms with Crippen molar-refractivity contribution in [2.75, 3.05) is 11.9 Å². The molecular formula is C17H12F3N3O2. The van der Waals surface area contributed by atoms with E-state index in [4.69, 9.17) is 0 Å². The van der Waals surface area contributed by atoms with Crippen LogP contribution in [-0.2, 0) is 6.18 Å². The minimum absolute atomic E-state index is 0.192. The zero-order chi connectivity index (χ0) is 18.0. The van der Waals surface area contributed by atoms with Crippen LogP contribution >= 0.6 is 0 Å². The first-order valence-corrected chi connectivity index (χ1v) is 7.21. The Morgan fingerprint density at radius 1 is 1.04 bits per heavy atom. The smallest absolute Gasteiger partial charge is 0.329 e. The van der Waals surface area contributed by atoms with Gasteiger partial charge in [0.2, 0.25) is 5.82 Å². The molecule has 1 heterocycles. The molecular weight excluding hydrogens is 335 g/mol. The Kier molecular flexibility index (Phi) is 4.26. The zero-order valence-corrected chi connectivity index (χ0v) is 13.0. The first-order chi connectivity index (χ1) is 11.9. The lowest BCUT2D eigenvalue weighted by Gasteiger charge is -2.17. The van der Waals surface area contributed by atoms with Gasteiger partial charge < -0.3 is 9.42 Å². The molecule has 5 nitrogen and oxygen atoms in total. The Bertz CT molecular complexity index is 874. The molecule has 1 aromatic heterocycles. The average molecular weight is 347 g/mol. The van der Waals surface area contributed by atoms with Gasteiger partial charge in [-0.25, -0.2) is 0 Å². The fourth-order valence-corrected chi connectivity index (χ4v) is 2.18. The molecule has 0 fully saturated rings. The second kappa shape index (κ2) is 6.39. The number of aromatic nitrogens is 2. The van der Waals surface area contributed by atoms with Crippen molar-refractivity contribution in [2.45, 2.75) is 6.18 Å². The van der Waals surface area contributed by atoms with Gasteiger partial charge in [-0.1, -0.05) is 35.5 Å². The van der Waals surface area contributed by atoms with Crippen molar-refractivity contribution >= 4 is 11.6 Å². The minimum atomic E-state index is -4.69. The van der Waals surface area contributed by atoms with E-state index < -0.39 is 12.1 Å². The van der Waals surface area contributed by atoms with Gasteiger partial charge in [0.05, 0.1) is 0 Å². The minimum Gasteiger partial charge on any atom is -0.329 e. The highest BCUT2D eigenvalue weighted by Crippen LogP contribution is 2.29. The van der Waals surface area contributed by atoms with E-state index in [0.29, 0.717) is 11.1 Å². The molecule has 0 atom stereocenters. The number of halogens is 3. The van der Waals surface area contributed by atoms with Gasteiger partial charge in [0, 0.05) is 23.9 Å². The quantitative estimate of drug-likeness (QED) is 0.718. The van der Waals surface area contributed by atoms with Crippen molar-refractivity contribution in [2.24, 2.45) is 0 Å². The topological polar surface area (TPSA) is 59.2 Å². The van der Waals surface area contributed by atoms with E-state index in [1.807, 2.05) is 18.2 Å². The summed E-state index contributed by atoms with van der Waals surface area (Å²) in [5.41, 5.74) is 1.43. The maximum absolute atomic E-state index is 12.5. The number of benzene rings is 2. The van der Waals surface area contributed by atoms with Gasteiger partial charge in [-0.05, 0) is 24.3 Å². The summed E-state index contributed by atoms with van der Waals surface area (Å²) < 4.78 is 41.7. The normalized spacial score (nSPS) is 11.4. The maximum atomic E-state index is 12.5. The molecule has 3 rings (SSSR count). The van der Waals surface area contributed by atoms with Gasteiger partial charge in [-0.15, -0.1) is 0 Å². The van der Waals surface area contributed by atoms with E-state index in [9.17, 15) is 18.0 Å². The van der Waals surface area contributed by atoms with Crippen LogP contribution in [-0.4, -0.2) is 23.1 Å². The van der Waals surface area contributed by atoms with E-state index in [1.165, 1.54) is 29.2 Å². The first kappa shape index (κ1) is 16.7. The van der Waals surface area contributed by atoms with Crippen molar-refractivity contribution < 1.29 is 22.5 Å². The molecule has 0 saturated heterocycles. The third-order valence-electron chi connectivity index (χ3n) is 3.51. The maximum Gasteiger partial charge on any atom is 0.471 e. The molecule has 3 aromatic rings. The number of hydrogen-bond donors (Lipinski definition) is 0. The molecule has 1 amide bonds. The summed E-state index contributed by atoms with van der Waals surface area (Å²) in [5.74, 6) is -1.85. The number of rotatable bonds is 3. The van der Waals surface area contributed by atoms with Crippen molar-refractivity contribution in [3.05, 3.63) is 66.1 Å². The van der Waals surface area contributed by atoms with Crippen LogP contribution in [0.25, 0.3) is 11.4 Å². The zero-order valence-electron chi connectivity index (χ0n) is 13.0. The number of amides is 1. The van der Waals surface area contributed by atoms with Crippen LogP contribution in [0, 0.1) is 0 Å². The Morgan fingerprint density at radius 2 is 1.68 bits per heavy atom. The molecule has 0 saturated carbocycles. The molecule has 0 N–H and O–H groups in total. The number of hydrogen-bond acceptors (Lipinski definition) is 4. The summed E-state index contributed by atoms with van der Waals surface area (Å²) in [6.45, 7) is 0. The SMILES string of the molecule is CN(C(=O)c1ccc(-c2noc(C(F)(F)F)n2)cc1)c1ccccc1. The molecule has 0 aliphatic carbocycles. The summed E-state index contributed by atoms with van der Waals surface area (Å²) in [4.78, 5) is 17.2. The molecule has 2 aromatic carbocycles. The summed E-state index contributed by atoms with van der Waals surface area (Å²) >= 11 is 0. The monoisotopic (exact) mass is 347 g/mol. The lowest BCUT2D eigenvalue weighted by atomic mass is 10.1. The lowest BCUT2D eigenvalue weighted by molar-refractivity contribution is -0.159. The van der Waals surface area contributed by atoms with Crippen molar-refractivity contribution in [3.8, 4) is 11.4 Å². The number of alkyl halides is 3. The predicted molar refractivity (Wildman–Crippen MR) is 83.9 cm³/mol. The summed E-state index contributed by atoms with van der Waals surface area (Å²) in [6.07, 6.45) is -4.69. The third kappa shape index (κ3) is 3.52. The summed E-state index contributed by atoms with van der Waals surface area (Å²) in [7, 11) is 1.64. The fourth-order valence-electron chi connectivity index (χ4n) is 2.18. The van der Waals surface area contributed by atoms with Crippen molar-refractivity contribution in [1.82, 2.24) is 10.1 Å². The average Bonchev–Trinajstić information content (AvgIpc) is 3.12. The second-order valence-electron chi connectivity index (χ2n) is 5.20. The van der Waals surface area contributed by atoms with Crippen molar-refractivity contribution in [1.29, 1.82) is 0 Å². The molecule has 128 valence electrons. The van der Waals surface area contributed by atoms with Crippen LogP contribution in [0.1, 0.15) is 16.2 Å². The molecule has 0 aliphatic heterocycles. The highest BCUT2D eigenvalue weighted by Gasteiger charge is 2.38. The van der Waals surface area contributed by atoms with Gasteiger partial charge in [-0.2, -0.15) is 18.2 Å². The standard InChI is InChI=1S/C17H12F3N3O2/c1-23(13-5-3-2-4-6-13)15(24)12-9-7-11(8-10-12)14-21-16(25-22-14)17(18,19)20/h2-10H,1H3. The van der Waals surface area contributed by atoms with E-state index in [-0.39, 0.29) is 11.7 Å². The summed E-state index contributed by atoms with van der Waals surface area (Å²) in [6, 6.07) is 15.0. The number of anilines is 1. The van der Waals surface area contributed by atoms with E-state index in [1.54, 1.807) is 19.2 Å². The molecule has 0 unspecified atom stereocenters. The lowest BCUT2D eigenvalue weighted by Crippen LogP contribution is -2.25. The molecule has 0 aliphatic rings. The Balaban J connectivity index is 1.80. The van der Waals surface area contributed by atoms with Crippen LogP contribution in [0.3, 0.4) is 0 Å². The number of carbonyl (C=O) groups excluding carboxylic acids is 1. The molecule has 0 spiro atoms. The Hall–Kier alpha value is -3.16. The fraction of sp³-hybridized carbons (Fsp3) is 0.118. The highest BCUT2D eigenvalue weighted by atomic mass is 19.4. The van der Waals surface area contributed by atoms with Gasteiger partial charge >= 0.3 is 12.1 Å². The number of nitrogens with zero attached hydrogens (tertiary/aromatic N) is 3. The van der Waals surface area contributed by atoms with Gasteiger partial charge in [-0.3, -0.25) is 4.79 Å². The van der Waals surface area contributed by atoms with E-state index >= 15 is 0 Å². The Morgan fingerprint density at radius 3 is 2.24 bits per heavy atom. The van der Waals surface area contributed by atoms with Crippen molar-refractivity contribution in [3.63, 3.8) is 0 Å². The highest BCUT2D eigenvalue weighted by molar-refractivity contribution is 6.05. The predicted octanol–water partition coefficient (Wildman–Crippen LogP) is 4.03. The number of para-hydroxylation sites is 1. The van der Waals surface area contributed by atoms with Gasteiger partial charge in [0.25, 0.3) is 5.91 Å². The van der Waals surface area contributed by atoms with Crippen LogP contribution in [0.15, 0.2) is 59.1 Å². The largest absolute Gasteiger partial charge is 0.471 e. The van der Waals surface area contributed by atoms with E-state index in [2.05, 4.69) is 14.7 Å². The van der Waals surface area contributed by atoms with Gasteiger partial charge in [0.1, 0.15) is 0 Å². The van der Waals surface area contributed by atoms with Gasteiger partial charge in [0.15, 0.2) is 0 Å². The summed E-state index contributed by atoms with van der Waals surface area (Å²) in [5, 5.41) is 3.31.